The number of hydrogen-bond acceptors (Lipinski definition) is 8. The van der Waals surface area contributed by atoms with Crippen LogP contribution in [-0.4, -0.2) is 75.9 Å². The molecule has 192 valence electrons. The molecule has 36 heavy (non-hydrogen) atoms. The van der Waals surface area contributed by atoms with E-state index in [0.717, 1.165) is 0 Å². The van der Waals surface area contributed by atoms with Crippen LogP contribution in [0.15, 0.2) is 70.0 Å². The highest BCUT2D eigenvalue weighted by Gasteiger charge is 2.34. The molecule has 2 aromatic rings. The molecule has 8 nitrogen and oxygen atoms in total. The van der Waals surface area contributed by atoms with E-state index in [9.17, 15) is 9.59 Å². The molecule has 3 rings (SSSR count). The molecule has 0 saturated carbocycles. The first-order valence-corrected chi connectivity index (χ1v) is 12.1. The summed E-state index contributed by atoms with van der Waals surface area (Å²) in [4.78, 5) is 30.3. The predicted molar refractivity (Wildman–Crippen MR) is 144 cm³/mol. The third kappa shape index (κ3) is 7.01. The zero-order valence-electron chi connectivity index (χ0n) is 20.7. The van der Waals surface area contributed by atoms with Gasteiger partial charge in [0.05, 0.1) is 11.4 Å². The zero-order chi connectivity index (χ0) is 26.2. The van der Waals surface area contributed by atoms with Crippen molar-refractivity contribution in [3.63, 3.8) is 0 Å². The molecule has 0 bridgehead atoms. The van der Waals surface area contributed by atoms with Gasteiger partial charge in [-0.05, 0) is 52.5 Å². The fourth-order valence-electron chi connectivity index (χ4n) is 3.21. The van der Waals surface area contributed by atoms with Crippen LogP contribution < -0.4 is 20.1 Å². The number of carbonyl (C=O) groups excluding carboxylic acids is 2. The standard InChI is InChI=1S/C26H30Cl2N4O4/c1-31(2)13-15-35-19-11-7-5-9-17(19)29-23-21(27)26(34)24(22(28)25(23)33)30-18-10-6-8-12-20(18)36-16-14-32(3)4/h5-12,29-30H,13-16H2,1-4H3. The maximum Gasteiger partial charge on any atom is 0.224 e. The quantitative estimate of drug-likeness (QED) is 0.394. The summed E-state index contributed by atoms with van der Waals surface area (Å²) in [5, 5.41) is 5.34. The van der Waals surface area contributed by atoms with Crippen LogP contribution in [0, 0.1) is 0 Å². The first-order valence-electron chi connectivity index (χ1n) is 11.3. The lowest BCUT2D eigenvalue weighted by atomic mass is 10.0. The Kier molecular flexibility index (Phi) is 9.78. The fourth-order valence-corrected chi connectivity index (χ4v) is 3.66. The highest BCUT2D eigenvalue weighted by Crippen LogP contribution is 2.35. The van der Waals surface area contributed by atoms with Crippen molar-refractivity contribution in [2.75, 3.05) is 65.1 Å². The van der Waals surface area contributed by atoms with Gasteiger partial charge < -0.3 is 29.9 Å². The third-order valence-corrected chi connectivity index (χ3v) is 5.90. The maximum atomic E-state index is 13.2. The van der Waals surface area contributed by atoms with Crippen LogP contribution in [0.5, 0.6) is 11.5 Å². The van der Waals surface area contributed by atoms with E-state index in [1.54, 1.807) is 36.4 Å². The number of para-hydroxylation sites is 4. The van der Waals surface area contributed by atoms with Crippen molar-refractivity contribution in [1.82, 2.24) is 9.80 Å². The van der Waals surface area contributed by atoms with Crippen molar-refractivity contribution in [3.8, 4) is 11.5 Å². The summed E-state index contributed by atoms with van der Waals surface area (Å²) < 4.78 is 11.7. The second-order valence-corrected chi connectivity index (χ2v) is 9.34. The number of halogens is 2. The van der Waals surface area contributed by atoms with Crippen LogP contribution >= 0.6 is 23.2 Å². The Bertz CT molecular complexity index is 1090. The molecule has 1 aliphatic carbocycles. The van der Waals surface area contributed by atoms with Gasteiger partial charge in [-0.25, -0.2) is 0 Å². The monoisotopic (exact) mass is 532 g/mol. The van der Waals surface area contributed by atoms with E-state index in [4.69, 9.17) is 32.7 Å². The van der Waals surface area contributed by atoms with Crippen molar-refractivity contribution < 1.29 is 19.1 Å². The first-order chi connectivity index (χ1) is 17.2. The van der Waals surface area contributed by atoms with E-state index in [-0.39, 0.29) is 21.5 Å². The molecular formula is C26H30Cl2N4O4. The molecule has 0 fully saturated rings. The number of ketones is 2. The minimum absolute atomic E-state index is 0.114. The van der Waals surface area contributed by atoms with Crippen LogP contribution in [0.3, 0.4) is 0 Å². The van der Waals surface area contributed by atoms with E-state index in [0.29, 0.717) is 49.2 Å². The predicted octanol–water partition coefficient (Wildman–Crippen LogP) is 4.14. The summed E-state index contributed by atoms with van der Waals surface area (Å²) in [6.07, 6.45) is 0. The van der Waals surface area contributed by atoms with E-state index in [1.807, 2.05) is 50.1 Å². The van der Waals surface area contributed by atoms with Crippen LogP contribution in [0.1, 0.15) is 0 Å². The number of rotatable bonds is 12. The molecule has 1 aliphatic rings. The van der Waals surface area contributed by atoms with E-state index >= 15 is 0 Å². The summed E-state index contributed by atoms with van der Waals surface area (Å²) in [7, 11) is 7.77. The van der Waals surface area contributed by atoms with Crippen molar-refractivity contribution >= 4 is 46.1 Å². The summed E-state index contributed by atoms with van der Waals surface area (Å²) in [5.74, 6) is -0.190. The number of anilines is 2. The molecule has 0 spiro atoms. The van der Waals surface area contributed by atoms with Gasteiger partial charge in [-0.1, -0.05) is 47.5 Å². The molecule has 0 aliphatic heterocycles. The van der Waals surface area contributed by atoms with Gasteiger partial charge in [-0.3, -0.25) is 9.59 Å². The molecule has 0 amide bonds. The molecule has 2 N–H and O–H groups in total. The second-order valence-electron chi connectivity index (χ2n) is 8.58. The highest BCUT2D eigenvalue weighted by molar-refractivity contribution is 6.56. The summed E-state index contributed by atoms with van der Waals surface area (Å²) in [6.45, 7) is 2.30. The fraction of sp³-hybridized carbons (Fsp3) is 0.308. The first kappa shape index (κ1) is 27.5. The van der Waals surface area contributed by atoms with Crippen LogP contribution in [0.2, 0.25) is 0 Å². The van der Waals surface area contributed by atoms with Gasteiger partial charge >= 0.3 is 0 Å². The Morgan fingerprint density at radius 1 is 0.667 bits per heavy atom. The minimum Gasteiger partial charge on any atom is -0.490 e. The topological polar surface area (TPSA) is 83.1 Å². The number of carbonyl (C=O) groups is 2. The van der Waals surface area contributed by atoms with Crippen molar-refractivity contribution in [2.45, 2.75) is 0 Å². The minimum atomic E-state index is -0.613. The van der Waals surface area contributed by atoms with E-state index < -0.39 is 11.6 Å². The highest BCUT2D eigenvalue weighted by atomic mass is 35.5. The summed E-state index contributed by atoms with van der Waals surface area (Å²) in [5.41, 5.74) is 0.755. The largest absolute Gasteiger partial charge is 0.490 e. The average molecular weight is 533 g/mol. The van der Waals surface area contributed by atoms with Crippen LogP contribution in [-0.2, 0) is 9.59 Å². The Labute approximate surface area is 221 Å². The van der Waals surface area contributed by atoms with Gasteiger partial charge in [0.1, 0.15) is 46.2 Å². The lowest BCUT2D eigenvalue weighted by Crippen LogP contribution is -2.28. The van der Waals surface area contributed by atoms with Crippen LogP contribution in [0.25, 0.3) is 0 Å². The summed E-state index contributed by atoms with van der Waals surface area (Å²) in [6, 6.07) is 14.2. The lowest BCUT2D eigenvalue weighted by molar-refractivity contribution is -0.115. The van der Waals surface area contributed by atoms with E-state index in [1.165, 1.54) is 0 Å². The number of ether oxygens (including phenoxy) is 2. The maximum absolute atomic E-state index is 13.2. The molecule has 0 radical (unpaired) electrons. The Balaban J connectivity index is 1.80. The molecule has 10 heteroatoms. The van der Waals surface area contributed by atoms with Crippen molar-refractivity contribution in [3.05, 3.63) is 70.0 Å². The van der Waals surface area contributed by atoms with Gasteiger partial charge in [0, 0.05) is 13.1 Å². The van der Waals surface area contributed by atoms with Crippen LogP contribution in [0.4, 0.5) is 11.4 Å². The average Bonchev–Trinajstić information content (AvgIpc) is 2.84. The number of likely N-dealkylation sites (N-methyl/N-ethyl adjacent to an activating group) is 2. The second kappa shape index (κ2) is 12.8. The van der Waals surface area contributed by atoms with Gasteiger partial charge in [0.15, 0.2) is 0 Å². The molecule has 0 atom stereocenters. The number of nitrogens with one attached hydrogen (secondary N) is 2. The van der Waals surface area contributed by atoms with Gasteiger partial charge in [-0.2, -0.15) is 0 Å². The smallest absolute Gasteiger partial charge is 0.224 e. The van der Waals surface area contributed by atoms with Gasteiger partial charge in [0.2, 0.25) is 11.6 Å². The van der Waals surface area contributed by atoms with E-state index in [2.05, 4.69) is 10.6 Å². The molecule has 0 saturated heterocycles. The normalized spacial score (nSPS) is 14.1. The SMILES string of the molecule is CN(C)CCOc1ccccc1NC1=C(Cl)C(=O)C(Nc2ccccc2OCCN(C)C)=C(Cl)C1=O. The Morgan fingerprint density at radius 3 is 1.39 bits per heavy atom. The number of hydrogen-bond donors (Lipinski definition) is 2. The molecular weight excluding hydrogens is 503 g/mol. The lowest BCUT2D eigenvalue weighted by Gasteiger charge is -2.22. The molecule has 0 aromatic heterocycles. The zero-order valence-corrected chi connectivity index (χ0v) is 22.2. The van der Waals surface area contributed by atoms with Crippen molar-refractivity contribution in [1.29, 1.82) is 0 Å². The summed E-state index contributed by atoms with van der Waals surface area (Å²) >= 11 is 12.8. The molecule has 0 heterocycles. The Morgan fingerprint density at radius 2 is 1.03 bits per heavy atom. The molecule has 0 unspecified atom stereocenters. The molecule has 2 aromatic carbocycles. The van der Waals surface area contributed by atoms with Crippen molar-refractivity contribution in [2.24, 2.45) is 0 Å². The number of Topliss-reactive ketones (excluding diaryl/α,β-unsaturated/α-hetero) is 2. The number of nitrogens with zero attached hydrogens (tertiary/aromatic N) is 2. The Hall–Kier alpha value is -3.04. The van der Waals surface area contributed by atoms with Gasteiger partial charge in [-0.15, -0.1) is 0 Å². The number of allylic oxidation sites excluding steroid dienone is 2. The third-order valence-electron chi connectivity index (χ3n) is 5.18. The number of benzene rings is 2. The van der Waals surface area contributed by atoms with Gasteiger partial charge in [0.25, 0.3) is 0 Å².